The predicted octanol–water partition coefficient (Wildman–Crippen LogP) is 0.820. The SMILES string of the molecule is CC(C)[C@H](NC(=O)CCCCCN1C(=O)C=CC1=O)C(=O)N[C@@H](CCCNC(N)=O)C(=O)NC1CCC(COC(=O)N2C[C@]3(C)C[C@@H](OC4CCC(CN5CCN(C6CCC7CN([C@H]8CCC(=O)NC8=O)C(=O)C7C6)CC5)CN4)CN3C(CC(N)C3CCCCC3O)C2N)CC1. The van der Waals surface area contributed by atoms with Gasteiger partial charge in [0, 0.05) is 133 Å². The van der Waals surface area contributed by atoms with Crippen molar-refractivity contribution in [2.45, 2.75) is 241 Å². The minimum absolute atomic E-state index is 0.0241. The maximum absolute atomic E-state index is 14.4. The quantitative estimate of drug-likeness (QED) is 0.0402. The Bertz CT molecular complexity index is 2770. The molecule has 0 spiro atoms. The van der Waals surface area contributed by atoms with Gasteiger partial charge in [0.15, 0.2) is 0 Å². The summed E-state index contributed by atoms with van der Waals surface area (Å²) in [6.07, 6.45) is 15.5. The monoisotopic (exact) mass is 1350 g/mol. The molecule has 0 aromatic rings. The number of nitrogens with two attached hydrogens (primary N) is 3. The van der Waals surface area contributed by atoms with E-state index in [1.165, 1.54) is 12.2 Å². The lowest BCUT2D eigenvalue weighted by molar-refractivity contribution is -0.145. The smallest absolute Gasteiger partial charge is 0.411 e. The summed E-state index contributed by atoms with van der Waals surface area (Å²) in [5, 5.41) is 28.7. The number of amides is 11. The van der Waals surface area contributed by atoms with E-state index in [2.05, 4.69) is 53.5 Å². The largest absolute Gasteiger partial charge is 0.449 e. The van der Waals surface area contributed by atoms with Crippen LogP contribution < -0.4 is 49.1 Å². The van der Waals surface area contributed by atoms with E-state index < -0.39 is 59.9 Å². The van der Waals surface area contributed by atoms with Crippen LogP contribution in [0.15, 0.2) is 12.2 Å². The van der Waals surface area contributed by atoms with E-state index in [-0.39, 0.29) is 134 Å². The molecule has 10 aliphatic rings. The molecule has 0 aromatic carbocycles. The number of likely N-dealkylation sites (tertiary alicyclic amines) is 1. The number of imide groups is 2. The summed E-state index contributed by atoms with van der Waals surface area (Å²) in [6, 6.07) is -3.67. The van der Waals surface area contributed by atoms with Gasteiger partial charge in [-0.25, -0.2) is 9.59 Å². The van der Waals surface area contributed by atoms with Gasteiger partial charge in [0.1, 0.15) is 24.4 Å². The van der Waals surface area contributed by atoms with Gasteiger partial charge in [0.25, 0.3) is 11.8 Å². The van der Waals surface area contributed by atoms with E-state index in [1.54, 1.807) is 23.6 Å². The third-order valence-corrected chi connectivity index (χ3v) is 23.0. The molecule has 9 fully saturated rings. The van der Waals surface area contributed by atoms with E-state index in [4.69, 9.17) is 26.7 Å². The summed E-state index contributed by atoms with van der Waals surface area (Å²) in [6.45, 7) is 13.7. The number of urea groups is 1. The molecule has 3 saturated carbocycles. The summed E-state index contributed by atoms with van der Waals surface area (Å²) in [4.78, 5) is 141. The summed E-state index contributed by atoms with van der Waals surface area (Å²) < 4.78 is 13.1. The highest BCUT2D eigenvalue weighted by Crippen LogP contribution is 2.43. The Morgan fingerprint density at radius 3 is 2.27 bits per heavy atom. The molecule has 6 saturated heterocycles. The Balaban J connectivity index is 0.667. The van der Waals surface area contributed by atoms with Crippen LogP contribution in [0.3, 0.4) is 0 Å². The van der Waals surface area contributed by atoms with Gasteiger partial charge < -0.3 is 62.8 Å². The highest BCUT2D eigenvalue weighted by Gasteiger charge is 2.56. The van der Waals surface area contributed by atoms with E-state index in [1.807, 2.05) is 0 Å². The lowest BCUT2D eigenvalue weighted by Crippen LogP contribution is -2.71. The van der Waals surface area contributed by atoms with Crippen molar-refractivity contribution in [2.75, 3.05) is 78.6 Å². The van der Waals surface area contributed by atoms with Crippen LogP contribution in [-0.2, 0) is 47.8 Å². The zero-order valence-corrected chi connectivity index (χ0v) is 57.0. The number of aliphatic hydroxyl groups excluding tert-OH is 1. The van der Waals surface area contributed by atoms with Crippen LogP contribution in [0, 0.1) is 35.5 Å². The van der Waals surface area contributed by atoms with Crippen LogP contribution in [0.25, 0.3) is 0 Å². The molecule has 15 atom stereocenters. The number of carbonyl (C=O) groups excluding carboxylic acids is 10. The van der Waals surface area contributed by atoms with Gasteiger partial charge >= 0.3 is 12.1 Å². The topological polar surface area (TPSA) is 379 Å². The van der Waals surface area contributed by atoms with Crippen molar-refractivity contribution in [1.82, 2.24) is 61.3 Å². The standard InChI is InChI=1S/C68H111N15O13/c1-41(2)60(76-55(85)13-5-4-8-27-80-58(87)24-25-59(80)88)64(91)75-51(11-9-26-72-66(71)93)62(89)74-45-18-14-42(15-19-45)39-95-67(94)82-40-68(3)34-47(38-83(68)53(61(82)70)33-50(69)48-10-6-7-12-54(48)84)96-57-23-16-43(35-73-57)36-78-28-30-79(31-29-78)46-20-17-44-37-81(65(92)49(44)32-46)52-21-22-56(86)77-63(52)90/h24-25,41-54,57,60-61,73,84H,4-23,26-40,69-70H2,1-3H3,(H,74,89)(H,75,91)(H,76,85)(H3,71,72,93)(H,77,86,90)/t42?,43?,44?,45?,46?,47-,48?,49?,50?,51+,52+,53?,54?,57?,60+,61?,68+/m1/s1. The van der Waals surface area contributed by atoms with Crippen molar-refractivity contribution < 1.29 is 62.5 Å². The van der Waals surface area contributed by atoms with Gasteiger partial charge in [-0.3, -0.25) is 68.6 Å². The first-order valence-corrected chi connectivity index (χ1v) is 36.4. The van der Waals surface area contributed by atoms with Crippen molar-refractivity contribution in [2.24, 2.45) is 52.7 Å². The van der Waals surface area contributed by atoms with E-state index >= 15 is 0 Å². The Morgan fingerprint density at radius 2 is 1.57 bits per heavy atom. The predicted molar refractivity (Wildman–Crippen MR) is 354 cm³/mol. The van der Waals surface area contributed by atoms with E-state index in [0.29, 0.717) is 109 Å². The number of unbranched alkanes of at least 4 members (excludes halogenated alkanes) is 2. The second-order valence-electron chi connectivity index (χ2n) is 30.2. The van der Waals surface area contributed by atoms with Gasteiger partial charge in [-0.2, -0.15) is 0 Å². The van der Waals surface area contributed by atoms with E-state index in [9.17, 15) is 53.1 Å². The number of carbonyl (C=O) groups is 10. The van der Waals surface area contributed by atoms with Gasteiger partial charge in [0.2, 0.25) is 35.4 Å². The number of nitrogens with one attached hydrogen (secondary N) is 6. The fourth-order valence-electron chi connectivity index (χ4n) is 17.5. The molecule has 0 aromatic heterocycles. The summed E-state index contributed by atoms with van der Waals surface area (Å²) in [5.41, 5.74) is 19.1. The number of piperazine rings is 2. The lowest BCUT2D eigenvalue weighted by atomic mass is 9.78. The summed E-state index contributed by atoms with van der Waals surface area (Å²) >= 11 is 0. The Morgan fingerprint density at radius 1 is 0.833 bits per heavy atom. The van der Waals surface area contributed by atoms with Gasteiger partial charge in [-0.15, -0.1) is 0 Å². The molecule has 11 amide bonds. The Kier molecular flexibility index (Phi) is 25.3. The first-order chi connectivity index (χ1) is 46.0. The molecule has 7 aliphatic heterocycles. The molecule has 28 nitrogen and oxygen atoms in total. The van der Waals surface area contributed by atoms with Crippen molar-refractivity contribution >= 4 is 59.4 Å². The number of rotatable bonds is 27. The number of hydrogen-bond acceptors (Lipinski definition) is 19. The van der Waals surface area contributed by atoms with Crippen LogP contribution in [0.1, 0.15) is 168 Å². The summed E-state index contributed by atoms with van der Waals surface area (Å²) in [5.74, 6) is -2.15. The van der Waals surface area contributed by atoms with Crippen LogP contribution in [0.2, 0.25) is 0 Å². The zero-order chi connectivity index (χ0) is 68.4. The fraction of sp³-hybridized carbons (Fsp3) is 0.824. The number of primary amides is 1. The fourth-order valence-corrected chi connectivity index (χ4v) is 17.5. The number of fused-ring (bicyclic) bond motifs is 2. The molecule has 536 valence electrons. The van der Waals surface area contributed by atoms with Gasteiger partial charge in [-0.1, -0.05) is 33.1 Å². The third-order valence-electron chi connectivity index (χ3n) is 23.0. The van der Waals surface area contributed by atoms with Crippen LogP contribution in [0.4, 0.5) is 9.59 Å². The number of ether oxygens (including phenoxy) is 2. The molecule has 7 heterocycles. The molecular weight excluding hydrogens is 1230 g/mol. The van der Waals surface area contributed by atoms with Crippen LogP contribution >= 0.6 is 0 Å². The highest BCUT2D eigenvalue weighted by atomic mass is 16.6. The first kappa shape index (κ1) is 72.9. The molecule has 3 aliphatic carbocycles. The normalized spacial score (nSPS) is 33.3. The number of hydrogen-bond donors (Lipinski definition) is 10. The lowest BCUT2D eigenvalue weighted by Gasteiger charge is -2.53. The highest BCUT2D eigenvalue weighted by molar-refractivity contribution is 6.12. The minimum atomic E-state index is -0.979. The van der Waals surface area contributed by atoms with Crippen molar-refractivity contribution in [3.05, 3.63) is 12.2 Å². The molecule has 28 heteroatoms. The van der Waals surface area contributed by atoms with Crippen molar-refractivity contribution in [3.63, 3.8) is 0 Å². The van der Waals surface area contributed by atoms with Gasteiger partial charge in [-0.05, 0) is 152 Å². The third kappa shape index (κ3) is 18.5. The van der Waals surface area contributed by atoms with Crippen molar-refractivity contribution in [1.29, 1.82) is 0 Å². The van der Waals surface area contributed by atoms with Gasteiger partial charge in [0.05, 0.1) is 25.0 Å². The molecule has 10 rings (SSSR count). The Labute approximate surface area is 565 Å². The number of piperidine rings is 2. The summed E-state index contributed by atoms with van der Waals surface area (Å²) in [7, 11) is 0. The molecule has 0 bridgehead atoms. The Hall–Kier alpha value is -5.88. The molecule has 96 heavy (non-hydrogen) atoms. The molecule has 13 N–H and O–H groups in total. The second kappa shape index (κ2) is 33.3. The maximum atomic E-state index is 14.4. The minimum Gasteiger partial charge on any atom is -0.449 e. The number of nitrogens with zero attached hydrogens (tertiary/aromatic N) is 6. The molecule has 10 unspecified atom stereocenters. The average molecular weight is 1350 g/mol. The average Bonchev–Trinajstić information content (AvgIpc) is 1.56. The molecular formula is C68H111N15O13. The zero-order valence-electron chi connectivity index (χ0n) is 57.0. The van der Waals surface area contributed by atoms with Crippen LogP contribution in [-0.4, -0.2) is 245 Å². The number of aliphatic hydroxyl groups is 1. The van der Waals surface area contributed by atoms with Crippen LogP contribution in [0.5, 0.6) is 0 Å². The maximum Gasteiger partial charge on any atom is 0.411 e. The first-order valence-electron chi connectivity index (χ1n) is 36.4. The van der Waals surface area contributed by atoms with E-state index in [0.717, 1.165) is 95.5 Å². The van der Waals surface area contributed by atoms with Crippen molar-refractivity contribution in [3.8, 4) is 0 Å². The second-order valence-corrected chi connectivity index (χ2v) is 30.2. The molecule has 0 radical (unpaired) electrons.